The highest BCUT2D eigenvalue weighted by atomic mass is 35.5. The third kappa shape index (κ3) is 3.93. The number of nitrogens with one attached hydrogen (secondary N) is 1. The first-order chi connectivity index (χ1) is 9.92. The minimum Gasteiger partial charge on any atom is -0.319 e. The molecule has 4 nitrogen and oxygen atoms in total. The van der Waals surface area contributed by atoms with Crippen LogP contribution < -0.4 is 5.32 Å². The zero-order valence-electron chi connectivity index (χ0n) is 10.5. The van der Waals surface area contributed by atoms with Crippen LogP contribution in [0.2, 0.25) is 20.1 Å². The highest BCUT2D eigenvalue weighted by Crippen LogP contribution is 2.32. The summed E-state index contributed by atoms with van der Waals surface area (Å²) in [6, 6.07) is 2.89. The molecule has 2 rings (SSSR count). The first kappa shape index (κ1) is 16.6. The molecule has 2 aromatic rings. The summed E-state index contributed by atoms with van der Waals surface area (Å²) in [5.41, 5.74) is 0.370. The normalized spacial score (nSPS) is 10.5. The Bertz CT molecular complexity index is 711. The predicted octanol–water partition coefficient (Wildman–Crippen LogP) is 5.06. The van der Waals surface area contributed by atoms with Gasteiger partial charge in [-0.05, 0) is 18.4 Å². The number of hydrogen-bond acceptors (Lipinski definition) is 4. The van der Waals surface area contributed by atoms with Gasteiger partial charge in [0.1, 0.15) is 0 Å². The smallest absolute Gasteiger partial charge is 0.276 e. The van der Waals surface area contributed by atoms with Gasteiger partial charge < -0.3 is 5.32 Å². The number of aromatic nitrogens is 2. The summed E-state index contributed by atoms with van der Waals surface area (Å²) in [5.74, 6) is -0.516. The molecule has 0 bridgehead atoms. The summed E-state index contributed by atoms with van der Waals surface area (Å²) < 4.78 is 0. The lowest BCUT2D eigenvalue weighted by atomic mass is 10.3. The number of carbonyl (C=O) groups is 1. The van der Waals surface area contributed by atoms with Crippen molar-refractivity contribution in [2.75, 3.05) is 11.6 Å². The van der Waals surface area contributed by atoms with Crippen molar-refractivity contribution in [2.45, 2.75) is 5.16 Å². The fourth-order valence-corrected chi connectivity index (χ4v) is 2.52. The van der Waals surface area contributed by atoms with Crippen molar-refractivity contribution in [1.82, 2.24) is 9.97 Å². The van der Waals surface area contributed by atoms with Gasteiger partial charge in [0.2, 0.25) is 0 Å². The van der Waals surface area contributed by atoms with E-state index in [-0.39, 0.29) is 20.8 Å². The zero-order chi connectivity index (χ0) is 15.6. The van der Waals surface area contributed by atoms with Gasteiger partial charge in [0, 0.05) is 0 Å². The van der Waals surface area contributed by atoms with Crippen LogP contribution in [-0.2, 0) is 0 Å². The summed E-state index contributed by atoms with van der Waals surface area (Å²) >= 11 is 25.0. The SMILES string of the molecule is CSc1ncc(Cl)c(C(=O)Nc2cc(Cl)c(Cl)cc2Cl)n1. The molecule has 9 heteroatoms. The molecule has 0 radical (unpaired) electrons. The topological polar surface area (TPSA) is 54.9 Å². The van der Waals surface area contributed by atoms with E-state index in [0.717, 1.165) is 0 Å². The number of carbonyl (C=O) groups excluding carboxylic acids is 1. The lowest BCUT2D eigenvalue weighted by Crippen LogP contribution is -2.15. The van der Waals surface area contributed by atoms with Crippen LogP contribution >= 0.6 is 58.2 Å². The Morgan fingerprint density at radius 2 is 1.76 bits per heavy atom. The summed E-state index contributed by atoms with van der Waals surface area (Å²) in [7, 11) is 0. The molecule has 1 aromatic carbocycles. The van der Waals surface area contributed by atoms with Crippen molar-refractivity contribution < 1.29 is 4.79 Å². The van der Waals surface area contributed by atoms with Gasteiger partial charge in [-0.15, -0.1) is 0 Å². The molecule has 0 spiro atoms. The van der Waals surface area contributed by atoms with E-state index in [4.69, 9.17) is 46.4 Å². The highest BCUT2D eigenvalue weighted by molar-refractivity contribution is 7.98. The molecule has 110 valence electrons. The second kappa shape index (κ2) is 7.03. The Labute approximate surface area is 145 Å². The van der Waals surface area contributed by atoms with Crippen LogP contribution in [0, 0.1) is 0 Å². The number of anilines is 1. The van der Waals surface area contributed by atoms with Crippen LogP contribution in [0.25, 0.3) is 0 Å². The largest absolute Gasteiger partial charge is 0.319 e. The molecule has 1 N–H and O–H groups in total. The third-order valence-corrected chi connectivity index (χ3v) is 4.25. The van der Waals surface area contributed by atoms with Crippen LogP contribution in [0.15, 0.2) is 23.5 Å². The number of benzene rings is 1. The number of hydrogen-bond donors (Lipinski definition) is 1. The fraction of sp³-hybridized carbons (Fsp3) is 0.0833. The number of halogens is 4. The monoisotopic (exact) mass is 381 g/mol. The van der Waals surface area contributed by atoms with Gasteiger partial charge in [-0.2, -0.15) is 0 Å². The summed E-state index contributed by atoms with van der Waals surface area (Å²) in [5, 5.41) is 3.99. The first-order valence-electron chi connectivity index (χ1n) is 5.44. The fourth-order valence-electron chi connectivity index (χ4n) is 1.41. The Morgan fingerprint density at radius 1 is 1.10 bits per heavy atom. The van der Waals surface area contributed by atoms with Crippen molar-refractivity contribution >= 4 is 69.8 Å². The minimum absolute atomic E-state index is 0.0538. The van der Waals surface area contributed by atoms with E-state index in [1.165, 1.54) is 30.1 Å². The molecule has 0 aliphatic heterocycles. The Morgan fingerprint density at radius 3 is 2.43 bits per heavy atom. The van der Waals surface area contributed by atoms with Crippen LogP contribution in [0.3, 0.4) is 0 Å². The molecule has 1 amide bonds. The van der Waals surface area contributed by atoms with E-state index in [9.17, 15) is 4.79 Å². The van der Waals surface area contributed by atoms with Crippen LogP contribution in [-0.4, -0.2) is 22.1 Å². The Hall–Kier alpha value is -0.720. The zero-order valence-corrected chi connectivity index (χ0v) is 14.3. The molecule has 0 unspecified atom stereocenters. The van der Waals surface area contributed by atoms with E-state index >= 15 is 0 Å². The molecule has 0 aliphatic rings. The van der Waals surface area contributed by atoms with Gasteiger partial charge in [0.25, 0.3) is 5.91 Å². The van der Waals surface area contributed by atoms with Gasteiger partial charge in [-0.1, -0.05) is 58.2 Å². The van der Waals surface area contributed by atoms with Gasteiger partial charge in [-0.3, -0.25) is 4.79 Å². The number of rotatable bonds is 3. The summed E-state index contributed by atoms with van der Waals surface area (Å²) in [4.78, 5) is 20.2. The highest BCUT2D eigenvalue weighted by Gasteiger charge is 2.16. The van der Waals surface area contributed by atoms with E-state index in [1.807, 2.05) is 0 Å². The third-order valence-electron chi connectivity index (χ3n) is 2.38. The Balaban J connectivity index is 2.32. The maximum Gasteiger partial charge on any atom is 0.276 e. The standard InChI is InChI=1S/C12H7Cl4N3OS/c1-21-12-17-4-8(16)10(19-12)11(20)18-9-3-6(14)5(13)2-7(9)15/h2-4H,1H3,(H,18,20). The molecular formula is C12H7Cl4N3OS. The maximum atomic E-state index is 12.2. The van der Waals surface area contributed by atoms with Crippen molar-refractivity contribution in [3.8, 4) is 0 Å². The summed E-state index contributed by atoms with van der Waals surface area (Å²) in [6.07, 6.45) is 3.16. The average molecular weight is 383 g/mol. The van der Waals surface area contributed by atoms with Gasteiger partial charge >= 0.3 is 0 Å². The van der Waals surface area contributed by atoms with E-state index in [0.29, 0.717) is 15.9 Å². The van der Waals surface area contributed by atoms with Gasteiger partial charge in [0.05, 0.1) is 32.0 Å². The van der Waals surface area contributed by atoms with E-state index < -0.39 is 5.91 Å². The molecule has 1 heterocycles. The molecule has 0 saturated carbocycles. The van der Waals surface area contributed by atoms with Gasteiger partial charge in [0.15, 0.2) is 10.9 Å². The number of nitrogens with zero attached hydrogens (tertiary/aromatic N) is 2. The number of thioether (sulfide) groups is 1. The molecule has 0 aliphatic carbocycles. The number of amides is 1. The molecule has 1 aromatic heterocycles. The lowest BCUT2D eigenvalue weighted by Gasteiger charge is -2.09. The quantitative estimate of drug-likeness (QED) is 0.457. The molecule has 0 saturated heterocycles. The molecular weight excluding hydrogens is 376 g/mol. The summed E-state index contributed by atoms with van der Waals surface area (Å²) in [6.45, 7) is 0. The lowest BCUT2D eigenvalue weighted by molar-refractivity contribution is 0.102. The van der Waals surface area contributed by atoms with Gasteiger partial charge in [-0.25, -0.2) is 9.97 Å². The van der Waals surface area contributed by atoms with Crippen LogP contribution in [0.1, 0.15) is 10.5 Å². The Kier molecular flexibility index (Phi) is 5.57. The second-order valence-corrected chi connectivity index (χ2v) is 6.16. The second-order valence-electron chi connectivity index (χ2n) is 3.75. The van der Waals surface area contributed by atoms with Crippen molar-refractivity contribution in [3.05, 3.63) is 44.1 Å². The average Bonchev–Trinajstić information content (AvgIpc) is 2.45. The molecule has 0 atom stereocenters. The minimum atomic E-state index is -0.516. The molecule has 0 fully saturated rings. The maximum absolute atomic E-state index is 12.2. The van der Waals surface area contributed by atoms with E-state index in [2.05, 4.69) is 15.3 Å². The van der Waals surface area contributed by atoms with Crippen LogP contribution in [0.5, 0.6) is 0 Å². The van der Waals surface area contributed by atoms with Crippen LogP contribution in [0.4, 0.5) is 5.69 Å². The predicted molar refractivity (Wildman–Crippen MR) is 88.2 cm³/mol. The van der Waals surface area contributed by atoms with Crippen molar-refractivity contribution in [2.24, 2.45) is 0 Å². The van der Waals surface area contributed by atoms with Crippen molar-refractivity contribution in [1.29, 1.82) is 0 Å². The molecule has 21 heavy (non-hydrogen) atoms. The first-order valence-corrected chi connectivity index (χ1v) is 8.18. The van der Waals surface area contributed by atoms with E-state index in [1.54, 1.807) is 6.26 Å². The van der Waals surface area contributed by atoms with Crippen molar-refractivity contribution in [3.63, 3.8) is 0 Å².